The molecule has 0 unspecified atom stereocenters. The van der Waals surface area contributed by atoms with Gasteiger partial charge in [0.05, 0.1) is 11.4 Å². The summed E-state index contributed by atoms with van der Waals surface area (Å²) < 4.78 is 26.0. The third kappa shape index (κ3) is 3.95. The lowest BCUT2D eigenvalue weighted by Crippen LogP contribution is -2.44. The molecule has 1 aromatic rings. The highest BCUT2D eigenvalue weighted by Gasteiger charge is 2.26. The van der Waals surface area contributed by atoms with Gasteiger partial charge in [0.1, 0.15) is 6.54 Å². The molecule has 0 aliphatic heterocycles. The van der Waals surface area contributed by atoms with Crippen LogP contribution in [0.5, 0.6) is 0 Å². The van der Waals surface area contributed by atoms with Crippen LogP contribution in [0.1, 0.15) is 31.9 Å². The summed E-state index contributed by atoms with van der Waals surface area (Å²) in [6, 6.07) is 5.67. The molecule has 0 heterocycles. The number of aryl methyl sites for hydroxylation is 2. The molecule has 7 heteroatoms. The van der Waals surface area contributed by atoms with Crippen molar-refractivity contribution in [3.8, 4) is 0 Å². The molecule has 1 rings (SSSR count). The molecule has 0 aromatic heterocycles. The molecular formula is C14H23N3O3S. The zero-order chi connectivity index (χ0) is 16.0. The Morgan fingerprint density at radius 3 is 2.10 bits per heavy atom. The molecule has 0 fully saturated rings. The van der Waals surface area contributed by atoms with Gasteiger partial charge in [-0.15, -0.1) is 0 Å². The molecule has 0 bridgehead atoms. The second kappa shape index (κ2) is 7.42. The van der Waals surface area contributed by atoms with E-state index < -0.39 is 15.9 Å². The van der Waals surface area contributed by atoms with Gasteiger partial charge >= 0.3 is 0 Å². The van der Waals surface area contributed by atoms with Crippen molar-refractivity contribution in [3.05, 3.63) is 29.3 Å². The van der Waals surface area contributed by atoms with Gasteiger partial charge in [-0.2, -0.15) is 0 Å². The molecule has 0 saturated heterocycles. The number of hydrazine groups is 1. The van der Waals surface area contributed by atoms with Crippen molar-refractivity contribution in [1.29, 1.82) is 0 Å². The highest BCUT2D eigenvalue weighted by molar-refractivity contribution is 7.92. The molecule has 3 N–H and O–H groups in total. The number of nitrogens with zero attached hydrogens (tertiary/aromatic N) is 1. The predicted octanol–water partition coefficient (Wildman–Crippen LogP) is 0.957. The lowest BCUT2D eigenvalue weighted by Gasteiger charge is -2.27. The summed E-state index contributed by atoms with van der Waals surface area (Å²) in [6.07, 6.45) is 1.37. The van der Waals surface area contributed by atoms with E-state index in [1.807, 2.05) is 37.5 Å². The van der Waals surface area contributed by atoms with E-state index >= 15 is 0 Å². The van der Waals surface area contributed by atoms with Crippen LogP contribution in [0.4, 0.5) is 5.69 Å². The quantitative estimate of drug-likeness (QED) is 0.445. The van der Waals surface area contributed by atoms with Crippen LogP contribution in [0.3, 0.4) is 0 Å². The summed E-state index contributed by atoms with van der Waals surface area (Å²) in [4.78, 5) is 11.6. The van der Waals surface area contributed by atoms with E-state index in [2.05, 4.69) is 0 Å². The van der Waals surface area contributed by atoms with Crippen LogP contribution in [0.2, 0.25) is 0 Å². The predicted molar refractivity (Wildman–Crippen MR) is 84.3 cm³/mol. The van der Waals surface area contributed by atoms with Crippen LogP contribution in [-0.4, -0.2) is 26.6 Å². The lowest BCUT2D eigenvalue weighted by atomic mass is 10.0. The van der Waals surface area contributed by atoms with E-state index in [-0.39, 0.29) is 12.3 Å². The first-order valence-corrected chi connectivity index (χ1v) is 8.62. The topological polar surface area (TPSA) is 92.5 Å². The van der Waals surface area contributed by atoms with Gasteiger partial charge in [0.2, 0.25) is 10.0 Å². The number of carbonyl (C=O) groups is 1. The summed E-state index contributed by atoms with van der Waals surface area (Å²) in [5, 5.41) is 0. The van der Waals surface area contributed by atoms with Crippen molar-refractivity contribution in [1.82, 2.24) is 5.43 Å². The van der Waals surface area contributed by atoms with Crippen LogP contribution in [-0.2, 0) is 27.7 Å². The van der Waals surface area contributed by atoms with E-state index in [1.54, 1.807) is 6.92 Å². The highest BCUT2D eigenvalue weighted by Crippen LogP contribution is 2.29. The van der Waals surface area contributed by atoms with Crippen molar-refractivity contribution in [2.45, 2.75) is 33.6 Å². The summed E-state index contributed by atoms with van der Waals surface area (Å²) in [5.41, 5.74) is 4.39. The van der Waals surface area contributed by atoms with Crippen molar-refractivity contribution >= 4 is 21.6 Å². The van der Waals surface area contributed by atoms with Crippen LogP contribution in [0, 0.1) is 0 Å². The average molecular weight is 313 g/mol. The third-order valence-electron chi connectivity index (χ3n) is 3.36. The highest BCUT2D eigenvalue weighted by atomic mass is 32.2. The van der Waals surface area contributed by atoms with Crippen LogP contribution in [0.15, 0.2) is 18.2 Å². The molecule has 21 heavy (non-hydrogen) atoms. The maximum Gasteiger partial charge on any atom is 0.254 e. The van der Waals surface area contributed by atoms with Gasteiger partial charge in [-0.05, 0) is 30.9 Å². The van der Waals surface area contributed by atoms with Crippen LogP contribution < -0.4 is 15.6 Å². The second-order valence-corrected chi connectivity index (χ2v) is 6.79. The molecule has 0 atom stereocenters. The number of nitrogens with two attached hydrogens (primary N) is 1. The third-order valence-corrected chi connectivity index (χ3v) is 5.08. The molecule has 0 spiro atoms. The van der Waals surface area contributed by atoms with E-state index in [4.69, 9.17) is 5.84 Å². The molecule has 1 amide bonds. The number of hydrogen-bond donors (Lipinski definition) is 2. The number of sulfonamides is 1. The number of anilines is 1. The van der Waals surface area contributed by atoms with Crippen LogP contribution in [0.25, 0.3) is 0 Å². The molecule has 118 valence electrons. The fraction of sp³-hybridized carbons (Fsp3) is 0.500. The van der Waals surface area contributed by atoms with Crippen molar-refractivity contribution in [2.75, 3.05) is 16.6 Å². The lowest BCUT2D eigenvalue weighted by molar-refractivity contribution is -0.119. The van der Waals surface area contributed by atoms with Crippen molar-refractivity contribution < 1.29 is 13.2 Å². The Morgan fingerprint density at radius 1 is 1.19 bits per heavy atom. The molecule has 0 aliphatic rings. The summed E-state index contributed by atoms with van der Waals surface area (Å²) in [6.45, 7) is 5.16. The molecule has 1 aromatic carbocycles. The zero-order valence-electron chi connectivity index (χ0n) is 12.7. The minimum Gasteiger partial charge on any atom is -0.293 e. The van der Waals surface area contributed by atoms with E-state index in [1.165, 1.54) is 4.31 Å². The Bertz CT molecular complexity index is 577. The fourth-order valence-corrected chi connectivity index (χ4v) is 3.32. The summed E-state index contributed by atoms with van der Waals surface area (Å²) in [7, 11) is -3.57. The van der Waals surface area contributed by atoms with Crippen molar-refractivity contribution in [3.63, 3.8) is 0 Å². The standard InChI is InChI=1S/C14H23N3O3S/c1-4-11-8-7-9-12(5-2)14(11)17(10-13(18)16-15)21(19,20)6-3/h7-9H,4-6,10,15H2,1-3H3,(H,16,18). The average Bonchev–Trinajstić information content (AvgIpc) is 2.51. The largest absolute Gasteiger partial charge is 0.293 e. The van der Waals surface area contributed by atoms with Crippen molar-refractivity contribution in [2.24, 2.45) is 5.84 Å². The van der Waals surface area contributed by atoms with E-state index in [0.717, 1.165) is 11.1 Å². The smallest absolute Gasteiger partial charge is 0.254 e. The molecular weight excluding hydrogens is 290 g/mol. The van der Waals surface area contributed by atoms with Gasteiger partial charge in [0, 0.05) is 0 Å². The van der Waals surface area contributed by atoms with Gasteiger partial charge in [0.15, 0.2) is 0 Å². The Kier molecular flexibility index (Phi) is 6.17. The number of amides is 1. The molecule has 0 radical (unpaired) electrons. The summed E-state index contributed by atoms with van der Waals surface area (Å²) >= 11 is 0. The number of rotatable bonds is 7. The van der Waals surface area contributed by atoms with Gasteiger partial charge in [-0.3, -0.25) is 14.5 Å². The van der Waals surface area contributed by atoms with Gasteiger partial charge in [0.25, 0.3) is 5.91 Å². The number of benzene rings is 1. The van der Waals surface area contributed by atoms with Crippen LogP contribution >= 0.6 is 0 Å². The maximum absolute atomic E-state index is 12.4. The monoisotopic (exact) mass is 313 g/mol. The normalized spacial score (nSPS) is 11.2. The minimum atomic E-state index is -3.57. The minimum absolute atomic E-state index is 0.0773. The fourth-order valence-electron chi connectivity index (χ4n) is 2.18. The molecule has 0 saturated carbocycles. The number of carbonyl (C=O) groups excluding carboxylic acids is 1. The molecule has 0 aliphatic carbocycles. The first-order valence-electron chi connectivity index (χ1n) is 7.01. The Hall–Kier alpha value is -1.60. The number of hydrogen-bond acceptors (Lipinski definition) is 4. The first kappa shape index (κ1) is 17.5. The Morgan fingerprint density at radius 2 is 1.71 bits per heavy atom. The summed E-state index contributed by atoms with van der Waals surface area (Å²) in [5.74, 6) is 4.48. The zero-order valence-corrected chi connectivity index (χ0v) is 13.5. The van der Waals surface area contributed by atoms with Gasteiger partial charge in [-0.25, -0.2) is 14.3 Å². The van der Waals surface area contributed by atoms with E-state index in [9.17, 15) is 13.2 Å². The second-order valence-electron chi connectivity index (χ2n) is 4.61. The Labute approximate surface area is 126 Å². The SMILES string of the molecule is CCc1cccc(CC)c1N(CC(=O)NN)S(=O)(=O)CC. The first-order chi connectivity index (χ1) is 9.91. The number of nitrogens with one attached hydrogen (secondary N) is 1. The van der Waals surface area contributed by atoms with Gasteiger partial charge in [-0.1, -0.05) is 32.0 Å². The molecule has 6 nitrogen and oxygen atoms in total. The maximum atomic E-state index is 12.4. The van der Waals surface area contributed by atoms with Gasteiger partial charge < -0.3 is 0 Å². The Balaban J connectivity index is 3.49. The van der Waals surface area contributed by atoms with E-state index in [0.29, 0.717) is 18.5 Å². The number of para-hydroxylation sites is 1.